The number of halogens is 2. The molecular formula is C33H41ClFN3O5. The number of H-pyrrole nitrogens is 1. The summed E-state index contributed by atoms with van der Waals surface area (Å²) in [4.78, 5) is 3.13. The first-order chi connectivity index (χ1) is 20.5. The van der Waals surface area contributed by atoms with E-state index in [1.807, 2.05) is 74.6 Å². The molecule has 4 aromatic rings. The van der Waals surface area contributed by atoms with Crippen LogP contribution in [0.2, 0.25) is 0 Å². The van der Waals surface area contributed by atoms with Crippen molar-refractivity contribution < 1.29 is 28.4 Å². The van der Waals surface area contributed by atoms with Crippen LogP contribution in [0.5, 0.6) is 23.0 Å². The molecule has 0 bridgehead atoms. The zero-order valence-corrected chi connectivity index (χ0v) is 25.4. The number of aromatic nitrogens is 1. The summed E-state index contributed by atoms with van der Waals surface area (Å²) in [5, 5.41) is 17.4. The van der Waals surface area contributed by atoms with Crippen molar-refractivity contribution in [1.29, 1.82) is 0 Å². The number of benzene rings is 3. The molecule has 3 aromatic carbocycles. The van der Waals surface area contributed by atoms with Crippen LogP contribution >= 0.6 is 12.4 Å². The van der Waals surface area contributed by atoms with Gasteiger partial charge >= 0.3 is 0 Å². The maximum absolute atomic E-state index is 13.2. The van der Waals surface area contributed by atoms with Gasteiger partial charge in [-0.3, -0.25) is 0 Å². The summed E-state index contributed by atoms with van der Waals surface area (Å²) in [6, 6.07) is 20.7. The highest BCUT2D eigenvalue weighted by Gasteiger charge is 2.27. The monoisotopic (exact) mass is 613 g/mol. The molecule has 1 unspecified atom stereocenters. The Morgan fingerprint density at radius 2 is 1.84 bits per heavy atom. The second-order valence-corrected chi connectivity index (χ2v) is 11.0. The van der Waals surface area contributed by atoms with E-state index in [1.165, 1.54) is 17.7 Å². The fraction of sp³-hybridized carbons (Fsp3) is 0.394. The summed E-state index contributed by atoms with van der Waals surface area (Å²) in [6.07, 6.45) is 2.41. The van der Waals surface area contributed by atoms with Gasteiger partial charge in [0.15, 0.2) is 11.5 Å². The Morgan fingerprint density at radius 3 is 2.65 bits per heavy atom. The molecule has 0 aliphatic carbocycles. The van der Waals surface area contributed by atoms with Gasteiger partial charge in [0, 0.05) is 48.2 Å². The Morgan fingerprint density at radius 1 is 1.02 bits per heavy atom. The Hall–Kier alpha value is -3.50. The molecule has 232 valence electrons. The van der Waals surface area contributed by atoms with E-state index in [1.54, 1.807) is 0 Å². The summed E-state index contributed by atoms with van der Waals surface area (Å²) in [5.74, 6) is 3.59. The quantitative estimate of drug-likeness (QED) is 0.183. The fourth-order valence-corrected chi connectivity index (χ4v) is 5.22. The van der Waals surface area contributed by atoms with Crippen LogP contribution in [-0.4, -0.2) is 61.9 Å². The highest BCUT2D eigenvalue weighted by molar-refractivity contribution is 5.86. The largest absolute Gasteiger partial charge is 0.493 e. The molecule has 4 N–H and O–H groups in total. The van der Waals surface area contributed by atoms with Crippen LogP contribution in [0.25, 0.3) is 10.9 Å². The van der Waals surface area contributed by atoms with E-state index in [9.17, 15) is 9.50 Å². The van der Waals surface area contributed by atoms with E-state index in [2.05, 4.69) is 15.6 Å². The number of fused-ring (bicyclic) bond motifs is 2. The Kier molecular flexibility index (Phi) is 11.9. The standard InChI is InChI=1S/C19H20FNO3.C14H20N2O2.ClH/c20-15-3-1-13(2-4-15)17-7-8-21-10-14(17)11-22-16-5-6-18-19(9-16)24-12-23-18;1-10(2)16-8-11(17)9-18-14-5-3-4-13-12(14)6-7-15-13;/h1-6,9,14,17,21H,7-8,10-12H2;3-7,10-11,15-17H,8-9H2,1-2H3;1H/t14-,17-;;/m0../s1. The van der Waals surface area contributed by atoms with E-state index in [0.29, 0.717) is 37.6 Å². The smallest absolute Gasteiger partial charge is 0.231 e. The van der Waals surface area contributed by atoms with Crippen LogP contribution in [-0.2, 0) is 0 Å². The van der Waals surface area contributed by atoms with Gasteiger partial charge in [0.2, 0.25) is 6.79 Å². The number of nitrogens with one attached hydrogen (secondary N) is 3. The number of rotatable bonds is 10. The lowest BCUT2D eigenvalue weighted by molar-refractivity contribution is 0.105. The van der Waals surface area contributed by atoms with Crippen molar-refractivity contribution in [1.82, 2.24) is 15.6 Å². The number of aliphatic hydroxyl groups is 1. The maximum Gasteiger partial charge on any atom is 0.231 e. The first-order valence-corrected chi connectivity index (χ1v) is 14.5. The van der Waals surface area contributed by atoms with Gasteiger partial charge in [-0.05, 0) is 66.9 Å². The molecule has 3 atom stereocenters. The number of aliphatic hydroxyl groups excluding tert-OH is 1. The number of aromatic amines is 1. The van der Waals surface area contributed by atoms with Gasteiger partial charge in [-0.1, -0.05) is 32.0 Å². The third-order valence-electron chi connectivity index (χ3n) is 7.46. The topological polar surface area (TPSA) is 97.0 Å². The SMILES string of the molecule is CC(C)NCC(O)COc1cccc2[nH]ccc12.Cl.Fc1ccc([C@@H]2CCNC[C@H]2COc2ccc3c(c2)OCO3)cc1. The summed E-state index contributed by atoms with van der Waals surface area (Å²) < 4.78 is 35.5. The fourth-order valence-electron chi connectivity index (χ4n) is 5.22. The maximum atomic E-state index is 13.2. The predicted octanol–water partition coefficient (Wildman–Crippen LogP) is 5.65. The van der Waals surface area contributed by atoms with E-state index in [0.717, 1.165) is 53.4 Å². The van der Waals surface area contributed by atoms with Crippen molar-refractivity contribution in [3.63, 3.8) is 0 Å². The van der Waals surface area contributed by atoms with Gasteiger partial charge in [-0.2, -0.15) is 0 Å². The lowest BCUT2D eigenvalue weighted by Gasteiger charge is -2.32. The first kappa shape index (κ1) is 32.4. The average Bonchev–Trinajstić information content (AvgIpc) is 3.69. The van der Waals surface area contributed by atoms with E-state index in [4.69, 9.17) is 18.9 Å². The van der Waals surface area contributed by atoms with E-state index >= 15 is 0 Å². The third-order valence-corrected chi connectivity index (χ3v) is 7.46. The molecule has 8 nitrogen and oxygen atoms in total. The van der Waals surface area contributed by atoms with Crippen molar-refractivity contribution in [2.45, 2.75) is 38.3 Å². The molecule has 6 rings (SSSR count). The van der Waals surface area contributed by atoms with E-state index < -0.39 is 6.10 Å². The summed E-state index contributed by atoms with van der Waals surface area (Å²) in [5.41, 5.74) is 2.22. The number of hydrogen-bond donors (Lipinski definition) is 4. The molecular weight excluding hydrogens is 573 g/mol. The normalized spacial score (nSPS) is 18.0. The first-order valence-electron chi connectivity index (χ1n) is 14.5. The van der Waals surface area contributed by atoms with Crippen LogP contribution in [0, 0.1) is 11.7 Å². The van der Waals surface area contributed by atoms with Gasteiger partial charge in [-0.25, -0.2) is 4.39 Å². The molecule has 0 radical (unpaired) electrons. The van der Waals surface area contributed by atoms with Gasteiger partial charge in [0.25, 0.3) is 0 Å². The minimum Gasteiger partial charge on any atom is -0.493 e. The minimum absolute atomic E-state index is 0. The molecule has 0 spiro atoms. The Bertz CT molecular complexity index is 1420. The zero-order valence-electron chi connectivity index (χ0n) is 24.6. The van der Waals surface area contributed by atoms with Gasteiger partial charge in [-0.15, -0.1) is 12.4 Å². The second-order valence-electron chi connectivity index (χ2n) is 11.0. The van der Waals surface area contributed by atoms with Crippen molar-refractivity contribution in [3.05, 3.63) is 84.3 Å². The van der Waals surface area contributed by atoms with Crippen molar-refractivity contribution >= 4 is 23.3 Å². The van der Waals surface area contributed by atoms with Crippen molar-refractivity contribution in [3.8, 4) is 23.0 Å². The molecule has 0 amide bonds. The predicted molar refractivity (Wildman–Crippen MR) is 168 cm³/mol. The van der Waals surface area contributed by atoms with Crippen LogP contribution < -0.4 is 29.6 Å². The molecule has 1 saturated heterocycles. The van der Waals surface area contributed by atoms with E-state index in [-0.39, 0.29) is 25.0 Å². The minimum atomic E-state index is -0.499. The van der Waals surface area contributed by atoms with Crippen LogP contribution in [0.4, 0.5) is 4.39 Å². The zero-order chi connectivity index (χ0) is 29.3. The van der Waals surface area contributed by atoms with Crippen molar-refractivity contribution in [2.24, 2.45) is 5.92 Å². The van der Waals surface area contributed by atoms with Gasteiger partial charge in [0.1, 0.15) is 30.0 Å². The van der Waals surface area contributed by atoms with Gasteiger partial charge < -0.3 is 39.7 Å². The summed E-state index contributed by atoms with van der Waals surface area (Å²) >= 11 is 0. The van der Waals surface area contributed by atoms with Crippen molar-refractivity contribution in [2.75, 3.05) is 39.6 Å². The molecule has 10 heteroatoms. The molecule has 2 aliphatic rings. The molecule has 1 aromatic heterocycles. The lowest BCUT2D eigenvalue weighted by atomic mass is 9.81. The highest BCUT2D eigenvalue weighted by Crippen LogP contribution is 2.36. The highest BCUT2D eigenvalue weighted by atomic mass is 35.5. The molecule has 43 heavy (non-hydrogen) atoms. The molecule has 1 fully saturated rings. The van der Waals surface area contributed by atoms with Crippen LogP contribution in [0.15, 0.2) is 72.9 Å². The summed E-state index contributed by atoms with van der Waals surface area (Å²) in [6.45, 7) is 7.68. The summed E-state index contributed by atoms with van der Waals surface area (Å²) in [7, 11) is 0. The molecule has 3 heterocycles. The number of piperidine rings is 1. The van der Waals surface area contributed by atoms with Gasteiger partial charge in [0.05, 0.1) is 6.61 Å². The average molecular weight is 614 g/mol. The second kappa shape index (κ2) is 15.8. The molecule has 0 saturated carbocycles. The number of ether oxygens (including phenoxy) is 4. The number of hydrogen-bond acceptors (Lipinski definition) is 7. The van der Waals surface area contributed by atoms with Crippen LogP contribution in [0.3, 0.4) is 0 Å². The lowest BCUT2D eigenvalue weighted by Crippen LogP contribution is -2.38. The Balaban J connectivity index is 0.000000201. The molecule has 2 aliphatic heterocycles. The third kappa shape index (κ3) is 9.00. The van der Waals surface area contributed by atoms with Crippen LogP contribution in [0.1, 0.15) is 31.7 Å². The Labute approximate surface area is 258 Å².